The average Bonchev–Trinajstić information content (AvgIpc) is 2.85. The molecule has 0 aliphatic carbocycles. The highest BCUT2D eigenvalue weighted by Crippen LogP contribution is 2.46. The Morgan fingerprint density at radius 2 is 0.907 bits per heavy atom. The number of halogens is 6. The largest absolute Gasteiger partial charge is 0.442 e. The fourth-order valence-electron chi connectivity index (χ4n) is 3.15. The van der Waals surface area contributed by atoms with Crippen LogP contribution in [-0.4, -0.2) is 60.0 Å². The maximum Gasteiger partial charge on any atom is 0.423 e. The third-order valence-electron chi connectivity index (χ3n) is 5.31. The number of hydrogen-bond donors (Lipinski definition) is 2. The number of carbonyl (C=O) groups is 2. The maximum absolute atomic E-state index is 14.1. The van der Waals surface area contributed by atoms with E-state index < -0.39 is 63.8 Å². The molecule has 2 amide bonds. The smallest absolute Gasteiger partial charge is 0.423 e. The van der Waals surface area contributed by atoms with Crippen molar-refractivity contribution in [2.75, 3.05) is 13.2 Å². The number of para-hydroxylation sites is 2. The van der Waals surface area contributed by atoms with E-state index in [1.807, 2.05) is 0 Å². The third kappa shape index (κ3) is 9.02. The molecule has 0 aliphatic heterocycles. The molecule has 0 saturated heterocycles. The fraction of sp³-hybridized carbons (Fsp3) is 0.391. The van der Waals surface area contributed by atoms with Crippen LogP contribution in [0.5, 0.6) is 11.5 Å². The number of ether oxygens (including phenoxy) is 2. The lowest BCUT2D eigenvalue weighted by molar-refractivity contribution is -0.322. The number of amides is 2. The third-order valence-corrected chi connectivity index (χ3v) is 6.91. The van der Waals surface area contributed by atoms with E-state index in [9.17, 15) is 52.8 Å². The van der Waals surface area contributed by atoms with Gasteiger partial charge in [-0.1, -0.05) is 36.4 Å². The van der Waals surface area contributed by atoms with Crippen molar-refractivity contribution in [2.45, 2.75) is 45.5 Å². The van der Waals surface area contributed by atoms with E-state index in [1.165, 1.54) is 64.1 Å². The van der Waals surface area contributed by atoms with E-state index in [4.69, 9.17) is 0 Å². The number of carbonyl (C=O) groups excluding carboxylic acids is 2. The van der Waals surface area contributed by atoms with Crippen molar-refractivity contribution in [3.8, 4) is 11.5 Å². The highest BCUT2D eigenvalue weighted by molar-refractivity contribution is 7.85. The van der Waals surface area contributed by atoms with Crippen LogP contribution in [0.1, 0.15) is 22.3 Å². The van der Waals surface area contributed by atoms with Gasteiger partial charge in [0.05, 0.1) is 0 Å². The molecule has 240 valence electrons. The number of rotatable bonds is 12. The quantitative estimate of drug-likeness (QED) is 0.314. The molecule has 0 fully saturated rings. The first-order valence-electron chi connectivity index (χ1n) is 11.5. The van der Waals surface area contributed by atoms with Crippen LogP contribution in [0.2, 0.25) is 0 Å². The van der Waals surface area contributed by atoms with Crippen molar-refractivity contribution in [3.63, 3.8) is 0 Å². The Bertz CT molecular complexity index is 1430. The molecule has 2 rings (SSSR count). The van der Waals surface area contributed by atoms with E-state index >= 15 is 0 Å². The van der Waals surface area contributed by atoms with Gasteiger partial charge in [-0.05, 0) is 49.9 Å². The first kappa shape index (κ1) is 35.3. The molecule has 0 radical (unpaired) electrons. The van der Waals surface area contributed by atoms with E-state index in [1.54, 1.807) is 0 Å². The fourth-order valence-corrected chi connectivity index (χ4v) is 4.72. The molecule has 2 aromatic carbocycles. The van der Waals surface area contributed by atoms with E-state index in [0.717, 1.165) is 9.44 Å². The first-order chi connectivity index (χ1) is 19.5. The van der Waals surface area contributed by atoms with E-state index in [2.05, 4.69) is 17.8 Å². The van der Waals surface area contributed by atoms with Gasteiger partial charge in [0.15, 0.2) is 13.2 Å². The van der Waals surface area contributed by atoms with Crippen LogP contribution in [0.4, 0.5) is 35.9 Å². The number of hydrogen-bond acceptors (Lipinski definition) is 10. The first-order valence-corrected chi connectivity index (χ1v) is 14.4. The van der Waals surface area contributed by atoms with Gasteiger partial charge < -0.3 is 17.8 Å². The van der Waals surface area contributed by atoms with Crippen LogP contribution in [0, 0.1) is 27.7 Å². The van der Waals surface area contributed by atoms with Crippen LogP contribution in [0.25, 0.3) is 0 Å². The summed E-state index contributed by atoms with van der Waals surface area (Å²) in [6.07, 6.45) is -4.57. The Balaban J connectivity index is 1.99. The van der Waals surface area contributed by atoms with E-state index in [-0.39, 0.29) is 33.8 Å². The number of aryl methyl sites for hydroxylation is 4. The predicted molar refractivity (Wildman–Crippen MR) is 135 cm³/mol. The zero-order valence-corrected chi connectivity index (χ0v) is 24.2. The average molecular weight is 667 g/mol. The monoisotopic (exact) mass is 666 g/mol. The van der Waals surface area contributed by atoms with Crippen molar-refractivity contribution < 1.29 is 70.6 Å². The Kier molecular flexibility index (Phi) is 10.4. The van der Waals surface area contributed by atoms with Gasteiger partial charge in [0, 0.05) is 0 Å². The van der Waals surface area contributed by atoms with Crippen LogP contribution in [-0.2, 0) is 30.1 Å². The molecule has 20 heteroatoms. The summed E-state index contributed by atoms with van der Waals surface area (Å²) < 4.78 is 151. The van der Waals surface area contributed by atoms with Crippen molar-refractivity contribution in [1.82, 2.24) is 9.44 Å². The molecule has 0 unspecified atom stereocenters. The molecule has 0 spiro atoms. The van der Waals surface area contributed by atoms with Crippen molar-refractivity contribution >= 4 is 32.8 Å². The van der Waals surface area contributed by atoms with Gasteiger partial charge in [-0.3, -0.25) is 0 Å². The van der Waals surface area contributed by atoms with Gasteiger partial charge in [0.2, 0.25) is 0 Å². The molecule has 0 saturated carbocycles. The van der Waals surface area contributed by atoms with Gasteiger partial charge in [0.1, 0.15) is 11.5 Å². The topological polar surface area (TPSA) is 163 Å². The normalized spacial score (nSPS) is 12.7. The second-order valence-corrected chi connectivity index (χ2v) is 11.4. The molecular formula is C23H24F6N2O10S2. The number of benzene rings is 2. The molecule has 0 aliphatic rings. The van der Waals surface area contributed by atoms with Gasteiger partial charge in [-0.2, -0.15) is 52.6 Å². The van der Waals surface area contributed by atoms with Crippen LogP contribution >= 0.6 is 0 Å². The van der Waals surface area contributed by atoms with Gasteiger partial charge >= 0.3 is 50.6 Å². The minimum absolute atomic E-state index is 0.256. The molecule has 0 bridgehead atoms. The number of alkyl halides is 6. The summed E-state index contributed by atoms with van der Waals surface area (Å²) >= 11 is 0. The molecule has 0 aromatic heterocycles. The lowest BCUT2D eigenvalue weighted by Gasteiger charge is -2.31. The molecule has 12 nitrogen and oxygen atoms in total. The van der Waals surface area contributed by atoms with Crippen molar-refractivity contribution in [2.24, 2.45) is 0 Å². The van der Waals surface area contributed by atoms with Gasteiger partial charge in [-0.15, -0.1) is 0 Å². The van der Waals surface area contributed by atoms with Crippen LogP contribution in [0.3, 0.4) is 0 Å². The standard InChI is InChI=1S/C23H24F6N2O10S2/c1-13-7-5-8-14(2)17(13)40-42(34,35)30-19(32)38-11-21(24,25)23(28,29)22(26,27)12-39-20(33)31-43(36,37)41-18-15(3)9-6-10-16(18)4/h5-10H,11-12H2,1-4H3,(H,30,32)(H,31,33). The second-order valence-electron chi connectivity index (χ2n) is 8.86. The molecule has 0 heterocycles. The Labute approximate surface area is 241 Å². The van der Waals surface area contributed by atoms with Crippen molar-refractivity contribution in [3.05, 3.63) is 58.7 Å². The highest BCUT2D eigenvalue weighted by Gasteiger charge is 2.72. The van der Waals surface area contributed by atoms with Gasteiger partial charge in [0.25, 0.3) is 0 Å². The minimum Gasteiger partial charge on any atom is -0.442 e. The summed E-state index contributed by atoms with van der Waals surface area (Å²) in [7, 11) is -10.2. The van der Waals surface area contributed by atoms with E-state index in [0.29, 0.717) is 0 Å². The zero-order valence-electron chi connectivity index (χ0n) is 22.5. The Hall–Kier alpha value is -3.94. The summed E-state index contributed by atoms with van der Waals surface area (Å²) in [5.41, 5.74) is 1.09. The molecule has 0 atom stereocenters. The maximum atomic E-state index is 14.1. The molecular weight excluding hydrogens is 642 g/mol. The number of nitrogens with one attached hydrogen (secondary N) is 2. The predicted octanol–water partition coefficient (Wildman–Crippen LogP) is 4.23. The summed E-state index contributed by atoms with van der Waals surface area (Å²) in [6.45, 7) is 0.142. The van der Waals surface area contributed by atoms with Crippen LogP contribution in [0.15, 0.2) is 36.4 Å². The Morgan fingerprint density at radius 1 is 0.628 bits per heavy atom. The lowest BCUT2D eigenvalue weighted by Crippen LogP contribution is -2.58. The van der Waals surface area contributed by atoms with Crippen LogP contribution < -0.4 is 17.8 Å². The lowest BCUT2D eigenvalue weighted by atomic mass is 10.1. The summed E-state index contributed by atoms with van der Waals surface area (Å²) in [5.74, 6) is -18.6. The molecule has 43 heavy (non-hydrogen) atoms. The second kappa shape index (κ2) is 12.7. The summed E-state index contributed by atoms with van der Waals surface area (Å²) in [6, 6.07) is 8.75. The van der Waals surface area contributed by atoms with Gasteiger partial charge in [-0.25, -0.2) is 9.59 Å². The molecule has 2 N–H and O–H groups in total. The zero-order chi connectivity index (χ0) is 33.0. The molecule has 2 aromatic rings. The van der Waals surface area contributed by atoms with Crippen molar-refractivity contribution in [1.29, 1.82) is 0 Å². The minimum atomic E-state index is -6.39. The summed E-state index contributed by atoms with van der Waals surface area (Å²) in [5, 5.41) is 0. The SMILES string of the molecule is Cc1cccc(C)c1OS(=O)(=O)NC(=O)OCC(F)(F)C(F)(F)C(F)(F)COC(=O)NS(=O)(=O)Oc1c(C)cccc1C. The Morgan fingerprint density at radius 3 is 1.19 bits per heavy atom. The summed E-state index contributed by atoms with van der Waals surface area (Å²) in [4.78, 5) is 23.3. The highest BCUT2D eigenvalue weighted by atomic mass is 32.2.